The van der Waals surface area contributed by atoms with E-state index >= 15 is 0 Å². The van der Waals surface area contributed by atoms with Crippen molar-refractivity contribution in [3.8, 4) is 0 Å². The largest absolute Gasteiger partial charge is 0.468 e. The monoisotopic (exact) mass is 410 g/mol. The van der Waals surface area contributed by atoms with Gasteiger partial charge in [-0.05, 0) is 61.4 Å². The Morgan fingerprint density at radius 3 is 2.63 bits per heavy atom. The number of amides is 1. The van der Waals surface area contributed by atoms with Crippen LogP contribution < -0.4 is 9.62 Å². The van der Waals surface area contributed by atoms with Crippen molar-refractivity contribution >= 4 is 33.4 Å². The lowest BCUT2D eigenvalue weighted by molar-refractivity contribution is -0.119. The summed E-state index contributed by atoms with van der Waals surface area (Å²) in [6.07, 6.45) is 3.57. The second kappa shape index (κ2) is 9.85. The molecular weight excluding hydrogens is 384 g/mol. The number of hydrogen-bond donors (Lipinski definition) is 1. The molecule has 1 heterocycles. The van der Waals surface area contributed by atoms with Crippen molar-refractivity contribution in [3.63, 3.8) is 0 Å². The predicted octanol–water partition coefficient (Wildman–Crippen LogP) is 3.10. The standard InChI is InChI=1S/C19H26N2O4S2/c1-15-7-8-17(12-16(15)2)21(27(3,23)24)13-19(22)20-9-5-11-26-14-18-6-4-10-25-18/h4,6-8,10,12H,5,9,11,13-14H2,1-3H3,(H,20,22). The third kappa shape index (κ3) is 6.95. The molecule has 2 rings (SSSR count). The first-order valence-electron chi connectivity index (χ1n) is 8.69. The lowest BCUT2D eigenvalue weighted by Gasteiger charge is -2.22. The van der Waals surface area contributed by atoms with E-state index in [2.05, 4.69) is 5.32 Å². The number of anilines is 1. The summed E-state index contributed by atoms with van der Waals surface area (Å²) in [6.45, 7) is 4.16. The Morgan fingerprint density at radius 2 is 2.00 bits per heavy atom. The van der Waals surface area contributed by atoms with Crippen LogP contribution in [0.3, 0.4) is 0 Å². The number of nitrogens with one attached hydrogen (secondary N) is 1. The molecule has 6 nitrogen and oxygen atoms in total. The Balaban J connectivity index is 1.80. The summed E-state index contributed by atoms with van der Waals surface area (Å²) in [4.78, 5) is 12.2. The fourth-order valence-corrected chi connectivity index (χ4v) is 4.14. The van der Waals surface area contributed by atoms with Crippen LogP contribution in [0, 0.1) is 13.8 Å². The van der Waals surface area contributed by atoms with Crippen molar-refractivity contribution in [2.75, 3.05) is 29.4 Å². The van der Waals surface area contributed by atoms with E-state index in [1.807, 2.05) is 32.0 Å². The molecule has 0 unspecified atom stereocenters. The van der Waals surface area contributed by atoms with Crippen LogP contribution in [0.4, 0.5) is 5.69 Å². The fraction of sp³-hybridized carbons (Fsp3) is 0.421. The fourth-order valence-electron chi connectivity index (χ4n) is 2.44. The van der Waals surface area contributed by atoms with Crippen LogP contribution in [0.2, 0.25) is 0 Å². The van der Waals surface area contributed by atoms with Crippen molar-refractivity contribution in [1.29, 1.82) is 0 Å². The molecule has 0 saturated carbocycles. The molecule has 1 N–H and O–H groups in total. The van der Waals surface area contributed by atoms with Gasteiger partial charge in [0.25, 0.3) is 0 Å². The van der Waals surface area contributed by atoms with Gasteiger partial charge in [0.1, 0.15) is 12.3 Å². The topological polar surface area (TPSA) is 79.6 Å². The molecule has 148 valence electrons. The van der Waals surface area contributed by atoms with E-state index in [9.17, 15) is 13.2 Å². The minimum Gasteiger partial charge on any atom is -0.468 e. The second-order valence-electron chi connectivity index (χ2n) is 6.37. The summed E-state index contributed by atoms with van der Waals surface area (Å²) >= 11 is 1.73. The summed E-state index contributed by atoms with van der Waals surface area (Å²) in [5.41, 5.74) is 2.56. The smallest absolute Gasteiger partial charge is 0.240 e. The predicted molar refractivity (Wildman–Crippen MR) is 111 cm³/mol. The van der Waals surface area contributed by atoms with Gasteiger partial charge in [0.05, 0.1) is 24.0 Å². The summed E-state index contributed by atoms with van der Waals surface area (Å²) < 4.78 is 30.6. The number of sulfonamides is 1. The highest BCUT2D eigenvalue weighted by atomic mass is 32.2. The molecule has 8 heteroatoms. The first kappa shape index (κ1) is 21.4. The van der Waals surface area contributed by atoms with Crippen molar-refractivity contribution in [1.82, 2.24) is 5.32 Å². The van der Waals surface area contributed by atoms with Crippen LogP contribution in [-0.4, -0.2) is 39.4 Å². The van der Waals surface area contributed by atoms with Crippen molar-refractivity contribution in [2.24, 2.45) is 0 Å². The Bertz CT molecular complexity index is 849. The van der Waals surface area contributed by atoms with E-state index in [4.69, 9.17) is 4.42 Å². The van der Waals surface area contributed by atoms with Gasteiger partial charge in [-0.1, -0.05) is 6.07 Å². The summed E-state index contributed by atoms with van der Waals surface area (Å²) in [5.74, 6) is 2.31. The van der Waals surface area contributed by atoms with E-state index in [-0.39, 0.29) is 12.5 Å². The minimum atomic E-state index is -3.55. The second-order valence-corrected chi connectivity index (χ2v) is 9.39. The molecule has 1 aromatic heterocycles. The number of thioether (sulfide) groups is 1. The third-order valence-corrected chi connectivity index (χ3v) is 6.28. The molecule has 2 aromatic rings. The zero-order chi connectivity index (χ0) is 19.9. The van der Waals surface area contributed by atoms with Gasteiger partial charge in [0.15, 0.2) is 0 Å². The lowest BCUT2D eigenvalue weighted by atomic mass is 10.1. The van der Waals surface area contributed by atoms with Crippen molar-refractivity contribution < 1.29 is 17.6 Å². The maximum absolute atomic E-state index is 12.2. The van der Waals surface area contributed by atoms with Crippen LogP contribution >= 0.6 is 11.8 Å². The molecule has 0 radical (unpaired) electrons. The third-order valence-electron chi connectivity index (χ3n) is 4.08. The molecule has 0 aliphatic carbocycles. The average molecular weight is 411 g/mol. The Kier molecular flexibility index (Phi) is 7.79. The zero-order valence-corrected chi connectivity index (χ0v) is 17.5. The van der Waals surface area contributed by atoms with Crippen LogP contribution in [0.5, 0.6) is 0 Å². The van der Waals surface area contributed by atoms with Gasteiger partial charge in [0.2, 0.25) is 15.9 Å². The van der Waals surface area contributed by atoms with Gasteiger partial charge in [0, 0.05) is 6.54 Å². The van der Waals surface area contributed by atoms with Gasteiger partial charge in [-0.25, -0.2) is 8.42 Å². The van der Waals surface area contributed by atoms with Crippen LogP contribution in [0.15, 0.2) is 41.0 Å². The first-order chi connectivity index (χ1) is 12.8. The van der Waals surface area contributed by atoms with Gasteiger partial charge < -0.3 is 9.73 Å². The number of hydrogen-bond acceptors (Lipinski definition) is 5. The summed E-state index contributed by atoms with van der Waals surface area (Å²) in [7, 11) is -3.55. The van der Waals surface area contributed by atoms with E-state index in [1.165, 1.54) is 0 Å². The number of carbonyl (C=O) groups excluding carboxylic acids is 1. The molecule has 1 aromatic carbocycles. The molecule has 0 aliphatic heterocycles. The number of rotatable bonds is 10. The normalized spacial score (nSPS) is 11.4. The summed E-state index contributed by atoms with van der Waals surface area (Å²) in [5, 5.41) is 2.79. The van der Waals surface area contributed by atoms with Crippen LogP contribution in [0.1, 0.15) is 23.3 Å². The van der Waals surface area contributed by atoms with Gasteiger partial charge in [-0.15, -0.1) is 0 Å². The van der Waals surface area contributed by atoms with Crippen molar-refractivity contribution in [2.45, 2.75) is 26.0 Å². The average Bonchev–Trinajstić information content (AvgIpc) is 3.11. The highest BCUT2D eigenvalue weighted by Gasteiger charge is 2.21. The molecule has 1 amide bonds. The Morgan fingerprint density at radius 1 is 1.22 bits per heavy atom. The molecule has 0 atom stereocenters. The quantitative estimate of drug-likeness (QED) is 0.609. The number of carbonyl (C=O) groups is 1. The maximum Gasteiger partial charge on any atom is 0.240 e. The number of benzene rings is 1. The molecule has 0 spiro atoms. The van der Waals surface area contributed by atoms with E-state index in [0.29, 0.717) is 12.2 Å². The highest BCUT2D eigenvalue weighted by Crippen LogP contribution is 2.21. The lowest BCUT2D eigenvalue weighted by Crippen LogP contribution is -2.40. The van der Waals surface area contributed by atoms with E-state index in [1.54, 1.807) is 30.2 Å². The molecule has 0 bridgehead atoms. The number of nitrogens with zero attached hydrogens (tertiary/aromatic N) is 1. The van der Waals surface area contributed by atoms with E-state index < -0.39 is 10.0 Å². The van der Waals surface area contributed by atoms with Crippen molar-refractivity contribution in [3.05, 3.63) is 53.5 Å². The Hall–Kier alpha value is -1.93. The number of aryl methyl sites for hydroxylation is 2. The molecule has 0 aliphatic rings. The zero-order valence-electron chi connectivity index (χ0n) is 15.9. The van der Waals surface area contributed by atoms with Gasteiger partial charge in [-0.2, -0.15) is 11.8 Å². The molecule has 0 saturated heterocycles. The van der Waals surface area contributed by atoms with Crippen LogP contribution in [-0.2, 0) is 20.6 Å². The summed E-state index contributed by atoms with van der Waals surface area (Å²) in [6, 6.07) is 9.16. The number of furan rings is 1. The SMILES string of the molecule is Cc1ccc(N(CC(=O)NCCCSCc2ccco2)S(C)(=O)=O)cc1C. The molecule has 27 heavy (non-hydrogen) atoms. The Labute approximate surface area is 165 Å². The van der Waals surface area contributed by atoms with Gasteiger partial charge >= 0.3 is 0 Å². The van der Waals surface area contributed by atoms with Crippen LogP contribution in [0.25, 0.3) is 0 Å². The molecule has 0 fully saturated rings. The first-order valence-corrected chi connectivity index (χ1v) is 11.7. The van der Waals surface area contributed by atoms with Gasteiger partial charge in [-0.3, -0.25) is 9.10 Å². The minimum absolute atomic E-state index is 0.221. The molecular formula is C19H26N2O4S2. The highest BCUT2D eigenvalue weighted by molar-refractivity contribution is 7.98. The maximum atomic E-state index is 12.2. The van der Waals surface area contributed by atoms with E-state index in [0.717, 1.165) is 45.4 Å².